The van der Waals surface area contributed by atoms with Crippen LogP contribution in [0.1, 0.15) is 0 Å². The number of rotatable bonds is 0. The molecule has 6 N–H and O–H groups in total. The van der Waals surface area contributed by atoms with E-state index < -0.39 is 0 Å². The average Bonchev–Trinajstić information content (AvgIpc) is 2.29. The summed E-state index contributed by atoms with van der Waals surface area (Å²) in [6.45, 7) is 0.517. The first-order valence-electron chi connectivity index (χ1n) is 3.53. The van der Waals surface area contributed by atoms with Crippen molar-refractivity contribution in [3.8, 4) is 0 Å². The zero-order valence-corrected chi connectivity index (χ0v) is 6.51. The highest BCUT2D eigenvalue weighted by molar-refractivity contribution is 5.52. The van der Waals surface area contributed by atoms with E-state index >= 15 is 0 Å². The molecule has 12 heavy (non-hydrogen) atoms. The lowest BCUT2D eigenvalue weighted by molar-refractivity contribution is -0.812. The molecule has 1 atom stereocenters. The second-order valence-corrected chi connectivity index (χ2v) is 2.95. The van der Waals surface area contributed by atoms with Crippen LogP contribution in [-0.2, 0) is 0 Å². The molecule has 6 nitrogen and oxygen atoms in total. The van der Waals surface area contributed by atoms with Crippen molar-refractivity contribution in [2.75, 3.05) is 6.54 Å². The van der Waals surface area contributed by atoms with Gasteiger partial charge >= 0.3 is 0 Å². The Morgan fingerprint density at radius 1 is 1.58 bits per heavy atom. The number of hydrazine groups is 1. The standard InChI is InChI=1S/C6H11N6/c7-5-2-11(8)6-1-10-4-12(6,9)3-5/h1-2,4H,3,7-9H2/q+1. The molecule has 0 amide bonds. The van der Waals surface area contributed by atoms with E-state index in [2.05, 4.69) is 4.99 Å². The molecule has 2 heterocycles. The van der Waals surface area contributed by atoms with Crippen LogP contribution in [0.3, 0.4) is 0 Å². The van der Waals surface area contributed by atoms with Crippen molar-refractivity contribution < 1.29 is 4.59 Å². The van der Waals surface area contributed by atoms with E-state index in [1.54, 1.807) is 18.7 Å². The van der Waals surface area contributed by atoms with Crippen molar-refractivity contribution in [1.29, 1.82) is 0 Å². The third-order valence-corrected chi connectivity index (χ3v) is 1.90. The number of hydrogen-bond donors (Lipinski definition) is 3. The third-order valence-electron chi connectivity index (χ3n) is 1.90. The highest BCUT2D eigenvalue weighted by Crippen LogP contribution is 2.22. The lowest BCUT2D eigenvalue weighted by Gasteiger charge is -2.33. The molecule has 6 heteroatoms. The van der Waals surface area contributed by atoms with Crippen LogP contribution >= 0.6 is 0 Å². The zero-order valence-electron chi connectivity index (χ0n) is 6.51. The lowest BCUT2D eigenvalue weighted by atomic mass is 10.3. The lowest BCUT2D eigenvalue weighted by Crippen LogP contribution is -2.59. The first-order valence-corrected chi connectivity index (χ1v) is 3.53. The van der Waals surface area contributed by atoms with Crippen molar-refractivity contribution in [3.63, 3.8) is 0 Å². The molecule has 0 fully saturated rings. The Balaban J connectivity index is 2.43. The Hall–Kier alpha value is -1.37. The molecule has 0 spiro atoms. The number of nitrogens with two attached hydrogens (primary N) is 3. The van der Waals surface area contributed by atoms with Gasteiger partial charge in [0.1, 0.15) is 12.7 Å². The minimum absolute atomic E-state index is 0.0683. The van der Waals surface area contributed by atoms with Crippen LogP contribution in [-0.4, -0.2) is 22.5 Å². The topological polar surface area (TPSA) is 93.7 Å². The van der Waals surface area contributed by atoms with Gasteiger partial charge in [-0.1, -0.05) is 0 Å². The smallest absolute Gasteiger partial charge is 0.266 e. The summed E-state index contributed by atoms with van der Waals surface area (Å²) in [4.78, 5) is 3.93. The maximum Gasteiger partial charge on any atom is 0.266 e. The summed E-state index contributed by atoms with van der Waals surface area (Å²) in [6, 6.07) is 0. The highest BCUT2D eigenvalue weighted by Gasteiger charge is 2.38. The molecule has 2 aliphatic rings. The SMILES string of the molecule is NC1=CN(N)C2=CN=C[N+]2(N)C1. The molecule has 2 rings (SSSR count). The fraction of sp³-hybridized carbons (Fsp3) is 0.167. The molecule has 0 radical (unpaired) electrons. The van der Waals surface area contributed by atoms with Gasteiger partial charge < -0.3 is 5.73 Å². The number of hydrogen-bond acceptors (Lipinski definition) is 5. The summed E-state index contributed by atoms with van der Waals surface area (Å²) in [5.41, 5.74) is 6.27. The predicted octanol–water partition coefficient (Wildman–Crippen LogP) is -1.49. The van der Waals surface area contributed by atoms with Gasteiger partial charge in [-0.25, -0.2) is 15.8 Å². The van der Waals surface area contributed by atoms with Crippen LogP contribution in [0.25, 0.3) is 0 Å². The van der Waals surface area contributed by atoms with Crippen molar-refractivity contribution in [3.05, 3.63) is 23.9 Å². The second-order valence-electron chi connectivity index (χ2n) is 2.95. The third kappa shape index (κ3) is 0.828. The van der Waals surface area contributed by atoms with E-state index in [4.69, 9.17) is 17.4 Å². The minimum Gasteiger partial charge on any atom is -0.396 e. The molecule has 0 aromatic carbocycles. The van der Waals surface area contributed by atoms with Crippen LogP contribution < -0.4 is 17.4 Å². The number of fused-ring (bicyclic) bond motifs is 1. The fourth-order valence-electron chi connectivity index (χ4n) is 1.38. The summed E-state index contributed by atoms with van der Waals surface area (Å²) < 4.78 is 0.0683. The summed E-state index contributed by atoms with van der Waals surface area (Å²) in [6.07, 6.45) is 4.88. The van der Waals surface area contributed by atoms with Crippen LogP contribution in [0.4, 0.5) is 0 Å². The first kappa shape index (κ1) is 7.29. The van der Waals surface area contributed by atoms with Gasteiger partial charge in [-0.2, -0.15) is 10.4 Å². The summed E-state index contributed by atoms with van der Waals surface area (Å²) in [5.74, 6) is 12.3. The predicted molar refractivity (Wildman–Crippen MR) is 44.2 cm³/mol. The maximum atomic E-state index is 5.92. The van der Waals surface area contributed by atoms with Crippen molar-refractivity contribution in [2.24, 2.45) is 22.4 Å². The van der Waals surface area contributed by atoms with Crippen LogP contribution in [0.5, 0.6) is 0 Å². The number of nitrogens with zero attached hydrogens (tertiary/aromatic N) is 3. The van der Waals surface area contributed by atoms with E-state index in [9.17, 15) is 0 Å². The molecule has 0 aromatic heterocycles. The van der Waals surface area contributed by atoms with Crippen molar-refractivity contribution >= 4 is 6.34 Å². The molecule has 0 aliphatic carbocycles. The van der Waals surface area contributed by atoms with E-state index in [1.165, 1.54) is 5.01 Å². The summed E-state index contributed by atoms with van der Waals surface area (Å²) in [5, 5.41) is 1.39. The average molecular weight is 167 g/mol. The van der Waals surface area contributed by atoms with Gasteiger partial charge in [-0.05, 0) is 0 Å². The van der Waals surface area contributed by atoms with Crippen molar-refractivity contribution in [2.45, 2.75) is 0 Å². The quantitative estimate of drug-likeness (QED) is 0.302. The van der Waals surface area contributed by atoms with Gasteiger partial charge in [0.15, 0.2) is 0 Å². The Morgan fingerprint density at radius 3 is 3.08 bits per heavy atom. The zero-order chi connectivity index (χ0) is 8.77. The van der Waals surface area contributed by atoms with Gasteiger partial charge in [0.05, 0.1) is 11.9 Å². The molecule has 1 unspecified atom stereocenters. The van der Waals surface area contributed by atoms with E-state index in [-0.39, 0.29) is 4.59 Å². The van der Waals surface area contributed by atoms with Gasteiger partial charge in [-0.3, -0.25) is 0 Å². The van der Waals surface area contributed by atoms with Crippen LogP contribution in [0.2, 0.25) is 0 Å². The van der Waals surface area contributed by atoms with Crippen LogP contribution in [0.15, 0.2) is 28.9 Å². The molecule has 64 valence electrons. The molecule has 0 aromatic rings. The highest BCUT2D eigenvalue weighted by atomic mass is 15.7. The first-order chi connectivity index (χ1) is 5.62. The maximum absolute atomic E-state index is 5.92. The normalized spacial score (nSPS) is 33.0. The van der Waals surface area contributed by atoms with Gasteiger partial charge in [-0.15, -0.1) is 0 Å². The molecule has 0 saturated heterocycles. The monoisotopic (exact) mass is 167 g/mol. The van der Waals surface area contributed by atoms with Crippen molar-refractivity contribution in [1.82, 2.24) is 5.01 Å². The van der Waals surface area contributed by atoms with Gasteiger partial charge in [0, 0.05) is 0 Å². The Morgan fingerprint density at radius 2 is 2.33 bits per heavy atom. The Labute approximate surface area is 69.8 Å². The van der Waals surface area contributed by atoms with E-state index in [0.29, 0.717) is 12.2 Å². The number of aliphatic imine (C=N–C) groups is 1. The number of quaternary nitrogens is 1. The molecule has 0 saturated carbocycles. The Bertz CT molecular complexity index is 303. The second kappa shape index (κ2) is 2.07. The van der Waals surface area contributed by atoms with E-state index in [0.717, 1.165) is 5.82 Å². The molecular formula is C6H11N6+. The fourth-order valence-corrected chi connectivity index (χ4v) is 1.38. The van der Waals surface area contributed by atoms with Crippen LogP contribution in [0, 0.1) is 0 Å². The molecule has 0 bridgehead atoms. The van der Waals surface area contributed by atoms with Gasteiger partial charge in [0.2, 0.25) is 6.34 Å². The molecular weight excluding hydrogens is 156 g/mol. The summed E-state index contributed by atoms with van der Waals surface area (Å²) >= 11 is 0. The Kier molecular flexibility index (Phi) is 1.26. The van der Waals surface area contributed by atoms with E-state index in [1.807, 2.05) is 0 Å². The van der Waals surface area contributed by atoms with Gasteiger partial charge in [0.25, 0.3) is 5.82 Å². The largest absolute Gasteiger partial charge is 0.396 e. The molecule has 2 aliphatic heterocycles. The summed E-state index contributed by atoms with van der Waals surface area (Å²) in [7, 11) is 0. The minimum atomic E-state index is 0.0683.